The molecule has 106 valence electrons. The van der Waals surface area contributed by atoms with E-state index in [0.717, 1.165) is 13.1 Å². The van der Waals surface area contributed by atoms with E-state index in [2.05, 4.69) is 59.0 Å². The van der Waals surface area contributed by atoms with Gasteiger partial charge in [0.25, 0.3) is 0 Å². The number of nitrogens with one attached hydrogen (secondary N) is 1. The summed E-state index contributed by atoms with van der Waals surface area (Å²) in [4.78, 5) is 6.52. The minimum Gasteiger partial charge on any atom is -0.377 e. The summed E-state index contributed by atoms with van der Waals surface area (Å²) >= 11 is 0. The van der Waals surface area contributed by atoms with Gasteiger partial charge < -0.3 is 14.8 Å². The van der Waals surface area contributed by atoms with Crippen molar-refractivity contribution >= 4 is 5.69 Å². The quantitative estimate of drug-likeness (QED) is 0.929. The predicted octanol–water partition coefficient (Wildman–Crippen LogP) is 2.32. The van der Waals surface area contributed by atoms with E-state index >= 15 is 0 Å². The minimum absolute atomic E-state index is 0.571. The molecule has 1 aromatic heterocycles. The summed E-state index contributed by atoms with van der Waals surface area (Å²) in [5, 5.41) is 3.43. The van der Waals surface area contributed by atoms with Gasteiger partial charge in [0.1, 0.15) is 0 Å². The van der Waals surface area contributed by atoms with Crippen molar-refractivity contribution in [2.45, 2.75) is 19.3 Å². The number of imidazole rings is 1. The lowest BCUT2D eigenvalue weighted by Crippen LogP contribution is -2.13. The first kappa shape index (κ1) is 13.2. The van der Waals surface area contributed by atoms with E-state index in [0.29, 0.717) is 5.92 Å². The summed E-state index contributed by atoms with van der Waals surface area (Å²) in [6, 6.07) is 6.60. The molecular weight excluding hydrogens is 248 g/mol. The highest BCUT2D eigenvalue weighted by molar-refractivity contribution is 5.58. The molecule has 0 amide bonds. The molecule has 0 aliphatic carbocycles. The maximum Gasteiger partial charge on any atom is 0.0994 e. The van der Waals surface area contributed by atoms with Crippen LogP contribution in [0.2, 0.25) is 0 Å². The largest absolute Gasteiger partial charge is 0.377 e. The fraction of sp³-hybridized carbons (Fsp3) is 0.438. The summed E-state index contributed by atoms with van der Waals surface area (Å²) in [6.45, 7) is 4.31. The molecule has 4 nitrogen and oxygen atoms in total. The van der Waals surface area contributed by atoms with Crippen LogP contribution in [0, 0.1) is 6.92 Å². The van der Waals surface area contributed by atoms with Crippen molar-refractivity contribution in [1.82, 2.24) is 14.9 Å². The molecule has 1 aromatic carbocycles. The Morgan fingerprint density at radius 2 is 2.20 bits per heavy atom. The highest BCUT2D eigenvalue weighted by atomic mass is 15.1. The number of rotatable bonds is 3. The molecule has 0 radical (unpaired) electrons. The average molecular weight is 270 g/mol. The van der Waals surface area contributed by atoms with Gasteiger partial charge in [-0.15, -0.1) is 0 Å². The third kappa shape index (κ3) is 2.31. The fourth-order valence-electron chi connectivity index (χ4n) is 2.96. The number of hydrogen-bond acceptors (Lipinski definition) is 3. The molecule has 1 N–H and O–H groups in total. The smallest absolute Gasteiger partial charge is 0.0994 e. The molecule has 3 rings (SSSR count). The van der Waals surface area contributed by atoms with Gasteiger partial charge in [0, 0.05) is 49.8 Å². The van der Waals surface area contributed by atoms with Gasteiger partial charge in [0.15, 0.2) is 0 Å². The SMILES string of the molecule is Cc1ccc(-n2cncc2C2CCNC2)cc1N(C)C. The number of anilines is 1. The summed E-state index contributed by atoms with van der Waals surface area (Å²) < 4.78 is 2.23. The second kappa shape index (κ2) is 5.29. The summed E-state index contributed by atoms with van der Waals surface area (Å²) in [5.74, 6) is 0.571. The number of benzene rings is 1. The zero-order valence-corrected chi connectivity index (χ0v) is 12.4. The molecule has 1 atom stereocenters. The molecule has 1 unspecified atom stereocenters. The lowest BCUT2D eigenvalue weighted by molar-refractivity contribution is 0.713. The normalized spacial score (nSPS) is 18.4. The van der Waals surface area contributed by atoms with Crippen LogP contribution >= 0.6 is 0 Å². The van der Waals surface area contributed by atoms with Gasteiger partial charge in [0.2, 0.25) is 0 Å². The summed E-state index contributed by atoms with van der Waals surface area (Å²) in [7, 11) is 4.17. The predicted molar refractivity (Wildman–Crippen MR) is 82.9 cm³/mol. The first-order chi connectivity index (χ1) is 9.66. The highest BCUT2D eigenvalue weighted by Crippen LogP contribution is 2.27. The zero-order chi connectivity index (χ0) is 14.1. The third-order valence-electron chi connectivity index (χ3n) is 4.10. The number of aromatic nitrogens is 2. The summed E-state index contributed by atoms with van der Waals surface area (Å²) in [5.41, 5.74) is 5.05. The van der Waals surface area contributed by atoms with Crippen molar-refractivity contribution in [2.75, 3.05) is 32.1 Å². The third-order valence-corrected chi connectivity index (χ3v) is 4.10. The average Bonchev–Trinajstić information content (AvgIpc) is 3.09. The monoisotopic (exact) mass is 270 g/mol. The van der Waals surface area contributed by atoms with E-state index in [1.54, 1.807) is 0 Å². The van der Waals surface area contributed by atoms with E-state index in [9.17, 15) is 0 Å². The van der Waals surface area contributed by atoms with Crippen LogP contribution in [0.1, 0.15) is 23.6 Å². The fourth-order valence-corrected chi connectivity index (χ4v) is 2.96. The summed E-state index contributed by atoms with van der Waals surface area (Å²) in [6.07, 6.45) is 5.13. The topological polar surface area (TPSA) is 33.1 Å². The van der Waals surface area contributed by atoms with Crippen LogP contribution in [0.3, 0.4) is 0 Å². The zero-order valence-electron chi connectivity index (χ0n) is 12.4. The lowest BCUT2D eigenvalue weighted by atomic mass is 10.1. The Bertz CT molecular complexity index is 594. The van der Waals surface area contributed by atoms with E-state index in [1.807, 2.05) is 12.5 Å². The first-order valence-corrected chi connectivity index (χ1v) is 7.18. The number of hydrogen-bond donors (Lipinski definition) is 1. The molecule has 4 heteroatoms. The minimum atomic E-state index is 0.571. The molecule has 1 fully saturated rings. The van der Waals surface area contributed by atoms with Gasteiger partial charge in [-0.05, 0) is 37.6 Å². The van der Waals surface area contributed by atoms with Crippen LogP contribution in [0.25, 0.3) is 5.69 Å². The van der Waals surface area contributed by atoms with Gasteiger partial charge in [-0.25, -0.2) is 4.98 Å². The Hall–Kier alpha value is -1.81. The molecular formula is C16H22N4. The second-order valence-corrected chi connectivity index (χ2v) is 5.74. The van der Waals surface area contributed by atoms with Gasteiger partial charge in [-0.1, -0.05) is 6.07 Å². The molecule has 0 bridgehead atoms. The van der Waals surface area contributed by atoms with E-state index < -0.39 is 0 Å². The van der Waals surface area contributed by atoms with Gasteiger partial charge in [-0.3, -0.25) is 0 Å². The standard InChI is InChI=1S/C16H22N4/c1-12-4-5-14(8-15(12)19(2)3)20-11-18-10-16(20)13-6-7-17-9-13/h4-5,8,10-11,13,17H,6-7,9H2,1-3H3. The van der Waals surface area contributed by atoms with Crippen LogP contribution in [0.4, 0.5) is 5.69 Å². The van der Waals surface area contributed by atoms with Crippen molar-refractivity contribution in [3.63, 3.8) is 0 Å². The van der Waals surface area contributed by atoms with E-state index in [4.69, 9.17) is 0 Å². The van der Waals surface area contributed by atoms with Gasteiger partial charge in [-0.2, -0.15) is 0 Å². The van der Waals surface area contributed by atoms with Crippen LogP contribution in [0.5, 0.6) is 0 Å². The Morgan fingerprint density at radius 3 is 2.90 bits per heavy atom. The van der Waals surface area contributed by atoms with E-state index in [-0.39, 0.29) is 0 Å². The highest BCUT2D eigenvalue weighted by Gasteiger charge is 2.20. The first-order valence-electron chi connectivity index (χ1n) is 7.18. The molecule has 1 saturated heterocycles. The molecule has 0 spiro atoms. The van der Waals surface area contributed by atoms with Crippen molar-refractivity contribution in [2.24, 2.45) is 0 Å². The Balaban J connectivity index is 2.01. The number of aryl methyl sites for hydroxylation is 1. The Labute approximate surface area is 120 Å². The molecule has 2 aromatic rings. The van der Waals surface area contributed by atoms with E-state index in [1.165, 1.54) is 29.1 Å². The van der Waals surface area contributed by atoms with Crippen molar-refractivity contribution in [3.8, 4) is 5.69 Å². The molecule has 1 aliphatic heterocycles. The lowest BCUT2D eigenvalue weighted by Gasteiger charge is -2.19. The Kier molecular flexibility index (Phi) is 3.49. The van der Waals surface area contributed by atoms with Crippen molar-refractivity contribution < 1.29 is 0 Å². The molecule has 20 heavy (non-hydrogen) atoms. The van der Waals surface area contributed by atoms with Crippen LogP contribution in [-0.4, -0.2) is 36.7 Å². The van der Waals surface area contributed by atoms with Crippen LogP contribution < -0.4 is 10.2 Å². The van der Waals surface area contributed by atoms with Gasteiger partial charge >= 0.3 is 0 Å². The Morgan fingerprint density at radius 1 is 1.35 bits per heavy atom. The van der Waals surface area contributed by atoms with Crippen LogP contribution in [-0.2, 0) is 0 Å². The van der Waals surface area contributed by atoms with Crippen molar-refractivity contribution in [1.29, 1.82) is 0 Å². The maximum absolute atomic E-state index is 4.36. The number of nitrogens with zero attached hydrogens (tertiary/aromatic N) is 3. The van der Waals surface area contributed by atoms with Crippen molar-refractivity contribution in [3.05, 3.63) is 42.0 Å². The molecule has 2 heterocycles. The molecule has 1 aliphatic rings. The van der Waals surface area contributed by atoms with Crippen LogP contribution in [0.15, 0.2) is 30.7 Å². The second-order valence-electron chi connectivity index (χ2n) is 5.74. The maximum atomic E-state index is 4.36. The molecule has 0 saturated carbocycles. The van der Waals surface area contributed by atoms with Gasteiger partial charge in [0.05, 0.1) is 6.33 Å².